The number of ether oxygens (including phenoxy) is 1. The number of carboxylic acid groups (broad SMARTS) is 1. The van der Waals surface area contributed by atoms with Crippen LogP contribution in [0.5, 0.6) is 0 Å². The third-order valence-corrected chi connectivity index (χ3v) is 6.97. The predicted molar refractivity (Wildman–Crippen MR) is 150 cm³/mol. The summed E-state index contributed by atoms with van der Waals surface area (Å²) in [5, 5.41) is 16.9. The van der Waals surface area contributed by atoms with E-state index in [2.05, 4.69) is 15.2 Å². The number of nitrogens with zero attached hydrogens (tertiary/aromatic N) is 4. The van der Waals surface area contributed by atoms with E-state index in [4.69, 9.17) is 31.3 Å². The number of methoxy groups -OCH3 is 1. The second kappa shape index (κ2) is 15.6. The Morgan fingerprint density at radius 1 is 1.19 bits per heavy atom. The van der Waals surface area contributed by atoms with E-state index < -0.39 is 12.1 Å². The van der Waals surface area contributed by atoms with E-state index in [0.717, 1.165) is 42.5 Å². The van der Waals surface area contributed by atoms with Crippen LogP contribution in [0.25, 0.3) is 10.8 Å². The molecule has 0 bridgehead atoms. The van der Waals surface area contributed by atoms with Gasteiger partial charge in [0.25, 0.3) is 5.56 Å². The molecular formula is C28H33ClF3N5O5. The van der Waals surface area contributed by atoms with E-state index in [9.17, 15) is 22.8 Å². The van der Waals surface area contributed by atoms with Crippen LogP contribution in [0.3, 0.4) is 0 Å². The van der Waals surface area contributed by atoms with Gasteiger partial charge < -0.3 is 15.2 Å². The number of rotatable bonds is 11. The molecule has 1 fully saturated rings. The maximum Gasteiger partial charge on any atom is 0.490 e. The number of benzene rings is 1. The van der Waals surface area contributed by atoms with Crippen molar-refractivity contribution in [1.82, 2.24) is 25.0 Å². The molecule has 1 aliphatic rings. The van der Waals surface area contributed by atoms with E-state index in [1.54, 1.807) is 30.3 Å². The van der Waals surface area contributed by atoms with E-state index in [1.165, 1.54) is 0 Å². The van der Waals surface area contributed by atoms with E-state index >= 15 is 0 Å². The lowest BCUT2D eigenvalue weighted by molar-refractivity contribution is -0.192. The number of alkyl halides is 3. The number of carbonyl (C=O) groups excluding carboxylic acids is 1. The lowest BCUT2D eigenvalue weighted by Crippen LogP contribution is -2.39. The molecule has 42 heavy (non-hydrogen) atoms. The van der Waals surface area contributed by atoms with Crippen molar-refractivity contribution in [2.45, 2.75) is 50.9 Å². The monoisotopic (exact) mass is 611 g/mol. The van der Waals surface area contributed by atoms with Crippen molar-refractivity contribution in [2.75, 3.05) is 33.4 Å². The number of pyridine rings is 1. The quantitative estimate of drug-likeness (QED) is 0.315. The molecular weight excluding hydrogens is 579 g/mol. The molecule has 0 saturated carbocycles. The van der Waals surface area contributed by atoms with E-state index in [0.29, 0.717) is 49.5 Å². The lowest BCUT2D eigenvalue weighted by Gasteiger charge is -2.24. The Labute approximate surface area is 245 Å². The van der Waals surface area contributed by atoms with Crippen molar-refractivity contribution in [3.63, 3.8) is 0 Å². The second-order valence-electron chi connectivity index (χ2n) is 9.74. The molecule has 1 atom stereocenters. The average Bonchev–Trinajstić information content (AvgIpc) is 3.40. The number of aliphatic carboxylic acids is 1. The summed E-state index contributed by atoms with van der Waals surface area (Å²) in [4.78, 5) is 40.9. The maximum absolute atomic E-state index is 13.3. The van der Waals surface area contributed by atoms with Gasteiger partial charge in [-0.25, -0.2) is 9.48 Å². The van der Waals surface area contributed by atoms with Gasteiger partial charge in [0.1, 0.15) is 0 Å². The average molecular weight is 612 g/mol. The van der Waals surface area contributed by atoms with Gasteiger partial charge in [-0.3, -0.25) is 19.5 Å². The van der Waals surface area contributed by atoms with Crippen molar-refractivity contribution in [2.24, 2.45) is 0 Å². The third-order valence-electron chi connectivity index (χ3n) is 6.72. The van der Waals surface area contributed by atoms with Crippen molar-refractivity contribution in [1.29, 1.82) is 0 Å². The zero-order valence-electron chi connectivity index (χ0n) is 23.1. The maximum atomic E-state index is 13.3. The van der Waals surface area contributed by atoms with Crippen LogP contribution in [0.1, 0.15) is 36.9 Å². The van der Waals surface area contributed by atoms with E-state index in [-0.39, 0.29) is 17.5 Å². The number of hydrogen-bond donors (Lipinski definition) is 2. The van der Waals surface area contributed by atoms with Gasteiger partial charge in [0.05, 0.1) is 17.6 Å². The van der Waals surface area contributed by atoms with Crippen molar-refractivity contribution < 1.29 is 32.6 Å². The van der Waals surface area contributed by atoms with Crippen molar-refractivity contribution >= 4 is 34.2 Å². The smallest absolute Gasteiger partial charge is 0.475 e. The minimum Gasteiger partial charge on any atom is -0.475 e. The van der Waals surface area contributed by atoms with Gasteiger partial charge in [0.15, 0.2) is 0 Å². The number of hydrogen-bond acceptors (Lipinski definition) is 7. The van der Waals surface area contributed by atoms with Crippen LogP contribution in [0.4, 0.5) is 13.2 Å². The molecule has 4 rings (SSSR count). The number of fused-ring (bicyclic) bond motifs is 1. The Morgan fingerprint density at radius 2 is 1.90 bits per heavy atom. The number of likely N-dealkylation sites (tertiary alicyclic amines) is 1. The van der Waals surface area contributed by atoms with Gasteiger partial charge in [0, 0.05) is 68.5 Å². The first kappa shape index (κ1) is 33.0. The van der Waals surface area contributed by atoms with Crippen LogP contribution in [0, 0.1) is 0 Å². The number of carboxylic acids is 1. The van der Waals surface area contributed by atoms with Gasteiger partial charge in [-0.1, -0.05) is 23.7 Å². The SMILES string of the molecule is COCCCNC(=O)CCN1CCC[C@@H]1Cn1nc(Cc2ccc(Cl)cc2)c2cnccc2c1=O.O=C(O)C(F)(F)F. The van der Waals surface area contributed by atoms with Crippen LogP contribution in [-0.4, -0.2) is 82.2 Å². The Bertz CT molecular complexity index is 1400. The Kier molecular flexibility index (Phi) is 12.3. The Hall–Kier alpha value is -3.55. The molecule has 0 unspecified atom stereocenters. The second-order valence-corrected chi connectivity index (χ2v) is 10.2. The first-order valence-electron chi connectivity index (χ1n) is 13.4. The minimum absolute atomic E-state index is 0.0468. The highest BCUT2D eigenvalue weighted by Gasteiger charge is 2.38. The molecule has 0 aliphatic carbocycles. The molecule has 2 aromatic heterocycles. The molecule has 1 amide bonds. The molecule has 0 radical (unpaired) electrons. The molecule has 2 N–H and O–H groups in total. The third kappa shape index (κ3) is 9.78. The Balaban J connectivity index is 0.000000616. The van der Waals surface area contributed by atoms with Crippen molar-refractivity contribution in [3.05, 3.63) is 69.4 Å². The summed E-state index contributed by atoms with van der Waals surface area (Å²) in [5.41, 5.74) is 1.77. The summed E-state index contributed by atoms with van der Waals surface area (Å²) < 4.78 is 38.4. The molecule has 1 aliphatic heterocycles. The van der Waals surface area contributed by atoms with Gasteiger partial charge in [-0.15, -0.1) is 0 Å². The van der Waals surface area contributed by atoms with Gasteiger partial charge in [0.2, 0.25) is 5.91 Å². The summed E-state index contributed by atoms with van der Waals surface area (Å²) in [5.74, 6) is -2.71. The van der Waals surface area contributed by atoms with Crippen LogP contribution in [0.15, 0.2) is 47.5 Å². The van der Waals surface area contributed by atoms with E-state index in [1.807, 2.05) is 24.3 Å². The summed E-state index contributed by atoms with van der Waals surface area (Å²) in [6.45, 7) is 3.35. The molecule has 0 spiro atoms. The number of halogens is 4. The topological polar surface area (TPSA) is 127 Å². The highest BCUT2D eigenvalue weighted by atomic mass is 35.5. The van der Waals surface area contributed by atoms with Crippen LogP contribution in [-0.2, 0) is 27.3 Å². The normalized spacial score (nSPS) is 15.3. The molecule has 3 heterocycles. The zero-order valence-corrected chi connectivity index (χ0v) is 23.8. The van der Waals surface area contributed by atoms with Crippen molar-refractivity contribution in [3.8, 4) is 0 Å². The summed E-state index contributed by atoms with van der Waals surface area (Å²) in [6, 6.07) is 9.60. The zero-order chi connectivity index (χ0) is 30.7. The van der Waals surface area contributed by atoms with Crippen LogP contribution in [0.2, 0.25) is 5.02 Å². The predicted octanol–water partition coefficient (Wildman–Crippen LogP) is 3.68. The molecule has 228 valence electrons. The standard InChI is InChI=1S/C26H32ClN5O3.C2HF3O2/c1-35-15-3-11-29-25(33)10-14-31-13-2-4-21(31)18-32-26(34)22-9-12-28-17-23(22)24(30-32)16-19-5-7-20(27)8-6-19;3-2(4,5)1(6)7/h5-9,12,17,21H,2-4,10-11,13-16,18H2,1H3,(H,29,33);(H,6,7)/t21-;/m1./s1. The molecule has 14 heteroatoms. The fraction of sp³-hybridized carbons (Fsp3) is 0.464. The largest absolute Gasteiger partial charge is 0.490 e. The Morgan fingerprint density at radius 3 is 2.57 bits per heavy atom. The number of amides is 1. The fourth-order valence-corrected chi connectivity index (χ4v) is 4.74. The molecule has 3 aromatic rings. The molecule has 1 aromatic carbocycles. The van der Waals surface area contributed by atoms with Crippen LogP contribution >= 0.6 is 11.6 Å². The minimum atomic E-state index is -5.08. The van der Waals surface area contributed by atoms with Crippen LogP contribution < -0.4 is 10.9 Å². The first-order chi connectivity index (χ1) is 20.0. The summed E-state index contributed by atoms with van der Waals surface area (Å²) >= 11 is 6.04. The first-order valence-corrected chi connectivity index (χ1v) is 13.8. The molecule has 10 nitrogen and oxygen atoms in total. The molecule has 1 saturated heterocycles. The summed E-state index contributed by atoms with van der Waals surface area (Å²) in [7, 11) is 1.66. The number of aromatic nitrogens is 3. The van der Waals surface area contributed by atoms with Gasteiger partial charge >= 0.3 is 12.1 Å². The van der Waals surface area contributed by atoms with Gasteiger partial charge in [-0.2, -0.15) is 18.3 Å². The number of carbonyl (C=O) groups is 2. The van der Waals surface area contributed by atoms with Gasteiger partial charge in [-0.05, 0) is 49.6 Å². The lowest BCUT2D eigenvalue weighted by atomic mass is 10.1. The highest BCUT2D eigenvalue weighted by molar-refractivity contribution is 6.30. The number of nitrogens with one attached hydrogen (secondary N) is 1. The summed E-state index contributed by atoms with van der Waals surface area (Å²) in [6.07, 6.45) is 2.13. The fourth-order valence-electron chi connectivity index (χ4n) is 4.62. The highest BCUT2D eigenvalue weighted by Crippen LogP contribution is 2.21.